The van der Waals surface area contributed by atoms with Gasteiger partial charge in [0.2, 0.25) is 5.91 Å². The van der Waals surface area contributed by atoms with Crippen LogP contribution in [0.4, 0.5) is 14.6 Å². The summed E-state index contributed by atoms with van der Waals surface area (Å²) in [4.78, 5) is 12.0. The fraction of sp³-hybridized carbons (Fsp3) is 0.375. The highest BCUT2D eigenvalue weighted by atomic mass is 19.1. The van der Waals surface area contributed by atoms with E-state index >= 15 is 0 Å². The number of amides is 1. The molecule has 2 aromatic rings. The third kappa shape index (κ3) is 3.50. The van der Waals surface area contributed by atoms with E-state index in [-0.39, 0.29) is 23.9 Å². The van der Waals surface area contributed by atoms with Crippen molar-refractivity contribution < 1.29 is 13.6 Å². The fourth-order valence-electron chi connectivity index (χ4n) is 2.01. The van der Waals surface area contributed by atoms with Crippen molar-refractivity contribution in [2.75, 3.05) is 5.32 Å². The summed E-state index contributed by atoms with van der Waals surface area (Å²) in [7, 11) is 0. The number of carbonyl (C=O) groups is 1. The van der Waals surface area contributed by atoms with Crippen molar-refractivity contribution in [3.63, 3.8) is 0 Å². The molecule has 0 unspecified atom stereocenters. The molecule has 0 aliphatic rings. The molecular formula is C16H19F2N3O. The van der Waals surface area contributed by atoms with Gasteiger partial charge in [-0.1, -0.05) is 13.8 Å². The van der Waals surface area contributed by atoms with E-state index in [9.17, 15) is 13.6 Å². The van der Waals surface area contributed by atoms with Crippen LogP contribution in [0.5, 0.6) is 0 Å². The topological polar surface area (TPSA) is 46.9 Å². The molecule has 1 aromatic heterocycles. The Hall–Kier alpha value is -2.24. The molecule has 4 nitrogen and oxygen atoms in total. The molecule has 1 aromatic carbocycles. The Bertz CT molecular complexity index is 682. The van der Waals surface area contributed by atoms with E-state index < -0.39 is 11.6 Å². The first-order valence-electron chi connectivity index (χ1n) is 7.19. The van der Waals surface area contributed by atoms with Crippen LogP contribution in [0, 0.1) is 24.5 Å². The third-order valence-corrected chi connectivity index (χ3v) is 3.65. The average Bonchev–Trinajstić information content (AvgIpc) is 2.83. The van der Waals surface area contributed by atoms with Crippen molar-refractivity contribution in [1.82, 2.24) is 9.78 Å². The smallest absolute Gasteiger partial charge is 0.228 e. The van der Waals surface area contributed by atoms with Crippen molar-refractivity contribution in [3.05, 3.63) is 47.2 Å². The van der Waals surface area contributed by atoms with Crippen molar-refractivity contribution >= 4 is 11.7 Å². The Kier molecular flexibility index (Phi) is 4.90. The molecule has 0 fully saturated rings. The number of anilines is 1. The third-order valence-electron chi connectivity index (χ3n) is 3.65. The number of carbonyl (C=O) groups excluding carboxylic acids is 1. The number of nitrogens with one attached hydrogen (secondary N) is 1. The predicted octanol–water partition coefficient (Wildman–Crippen LogP) is 3.50. The van der Waals surface area contributed by atoms with E-state index in [0.717, 1.165) is 30.2 Å². The van der Waals surface area contributed by atoms with Gasteiger partial charge in [-0.2, -0.15) is 5.10 Å². The number of aromatic nitrogens is 2. The van der Waals surface area contributed by atoms with Crippen LogP contribution in [0.25, 0.3) is 0 Å². The summed E-state index contributed by atoms with van der Waals surface area (Å²) in [6.07, 6.45) is 2.31. The van der Waals surface area contributed by atoms with Gasteiger partial charge in [-0.25, -0.2) is 13.5 Å². The minimum Gasteiger partial charge on any atom is -0.310 e. The summed E-state index contributed by atoms with van der Waals surface area (Å²) in [5, 5.41) is 6.94. The highest BCUT2D eigenvalue weighted by Crippen LogP contribution is 2.19. The van der Waals surface area contributed by atoms with Gasteiger partial charge >= 0.3 is 0 Å². The maximum atomic E-state index is 13.7. The molecular weight excluding hydrogens is 288 g/mol. The van der Waals surface area contributed by atoms with Crippen molar-refractivity contribution in [1.29, 1.82) is 0 Å². The normalized spacial score (nSPS) is 12.2. The van der Waals surface area contributed by atoms with Gasteiger partial charge in [-0.15, -0.1) is 0 Å². The van der Waals surface area contributed by atoms with Gasteiger partial charge in [-0.05, 0) is 31.5 Å². The van der Waals surface area contributed by atoms with Gasteiger partial charge < -0.3 is 5.32 Å². The Balaban J connectivity index is 2.26. The molecule has 0 bridgehead atoms. The lowest BCUT2D eigenvalue weighted by molar-refractivity contribution is -0.119. The minimum atomic E-state index is -0.509. The molecule has 118 valence electrons. The van der Waals surface area contributed by atoms with Gasteiger partial charge in [0.1, 0.15) is 17.5 Å². The predicted molar refractivity (Wildman–Crippen MR) is 80.5 cm³/mol. The van der Waals surface area contributed by atoms with Crippen LogP contribution in [-0.4, -0.2) is 15.7 Å². The van der Waals surface area contributed by atoms with Crippen molar-refractivity contribution in [2.45, 2.75) is 33.7 Å². The molecule has 0 aliphatic heterocycles. The number of rotatable bonds is 5. The summed E-state index contributed by atoms with van der Waals surface area (Å²) in [5.74, 6) is -0.756. The fourth-order valence-corrected chi connectivity index (χ4v) is 2.01. The summed E-state index contributed by atoms with van der Waals surface area (Å²) >= 11 is 0. The van der Waals surface area contributed by atoms with Gasteiger partial charge in [-0.3, -0.25) is 4.79 Å². The lowest BCUT2D eigenvalue weighted by atomic mass is 10.1. The second kappa shape index (κ2) is 6.68. The van der Waals surface area contributed by atoms with E-state index in [1.807, 2.05) is 13.8 Å². The summed E-state index contributed by atoms with van der Waals surface area (Å²) in [6.45, 7) is 5.61. The molecule has 6 heteroatoms. The Labute approximate surface area is 128 Å². The van der Waals surface area contributed by atoms with Crippen LogP contribution in [0.1, 0.15) is 31.4 Å². The number of hydrogen-bond donors (Lipinski definition) is 1. The van der Waals surface area contributed by atoms with Crippen LogP contribution in [-0.2, 0) is 11.3 Å². The summed E-state index contributed by atoms with van der Waals surface area (Å²) in [6, 6.07) is 3.28. The zero-order chi connectivity index (χ0) is 16.3. The Morgan fingerprint density at radius 3 is 2.82 bits per heavy atom. The van der Waals surface area contributed by atoms with Crippen LogP contribution in [0.3, 0.4) is 0 Å². The van der Waals surface area contributed by atoms with Crippen LogP contribution >= 0.6 is 0 Å². The molecule has 22 heavy (non-hydrogen) atoms. The maximum Gasteiger partial charge on any atom is 0.228 e. The quantitative estimate of drug-likeness (QED) is 0.919. The van der Waals surface area contributed by atoms with Crippen LogP contribution in [0.2, 0.25) is 0 Å². The minimum absolute atomic E-state index is 0.0492. The zero-order valence-corrected chi connectivity index (χ0v) is 12.9. The van der Waals surface area contributed by atoms with Gasteiger partial charge in [0.25, 0.3) is 0 Å². The Morgan fingerprint density at radius 2 is 2.14 bits per heavy atom. The number of hydrogen-bond acceptors (Lipinski definition) is 2. The number of halogens is 2. The van der Waals surface area contributed by atoms with E-state index in [4.69, 9.17) is 0 Å². The molecule has 1 amide bonds. The van der Waals surface area contributed by atoms with E-state index in [1.165, 1.54) is 4.68 Å². The summed E-state index contributed by atoms with van der Waals surface area (Å²) in [5.41, 5.74) is 0.954. The number of nitrogens with zero attached hydrogens (tertiary/aromatic N) is 2. The first kappa shape index (κ1) is 16.1. The average molecular weight is 307 g/mol. The van der Waals surface area contributed by atoms with Crippen molar-refractivity contribution in [3.8, 4) is 0 Å². The second-order valence-electron chi connectivity index (χ2n) is 5.37. The van der Waals surface area contributed by atoms with E-state index in [0.29, 0.717) is 5.82 Å². The standard InChI is InChI=1S/C16H19F2N3O/c1-4-10(2)16(22)20-15-11(3)8-19-21(15)9-12-7-13(17)5-6-14(12)18/h5-8,10H,4,9H2,1-3H3,(H,20,22)/t10-/m1/s1. The van der Waals surface area contributed by atoms with Crippen LogP contribution in [0.15, 0.2) is 24.4 Å². The number of benzene rings is 1. The second-order valence-corrected chi connectivity index (χ2v) is 5.37. The van der Waals surface area contributed by atoms with Crippen molar-refractivity contribution in [2.24, 2.45) is 5.92 Å². The first-order chi connectivity index (χ1) is 10.4. The van der Waals surface area contributed by atoms with Gasteiger partial charge in [0.15, 0.2) is 0 Å². The highest BCUT2D eigenvalue weighted by molar-refractivity contribution is 5.92. The van der Waals surface area contributed by atoms with Gasteiger partial charge in [0.05, 0.1) is 12.7 Å². The largest absolute Gasteiger partial charge is 0.310 e. The number of aryl methyl sites for hydroxylation is 1. The monoisotopic (exact) mass is 307 g/mol. The molecule has 0 aliphatic carbocycles. The molecule has 1 heterocycles. The van der Waals surface area contributed by atoms with E-state index in [1.54, 1.807) is 13.1 Å². The molecule has 0 saturated carbocycles. The lowest BCUT2D eigenvalue weighted by Gasteiger charge is -2.13. The lowest BCUT2D eigenvalue weighted by Crippen LogP contribution is -2.22. The maximum absolute atomic E-state index is 13.7. The van der Waals surface area contributed by atoms with Gasteiger partial charge in [0, 0.05) is 17.0 Å². The molecule has 2 rings (SSSR count). The zero-order valence-electron chi connectivity index (χ0n) is 12.9. The molecule has 0 radical (unpaired) electrons. The molecule has 1 N–H and O–H groups in total. The van der Waals surface area contributed by atoms with Crippen LogP contribution < -0.4 is 5.32 Å². The highest BCUT2D eigenvalue weighted by Gasteiger charge is 2.16. The molecule has 0 saturated heterocycles. The summed E-state index contributed by atoms with van der Waals surface area (Å²) < 4.78 is 28.5. The SMILES string of the molecule is CC[C@@H](C)C(=O)Nc1c(C)cnn1Cc1cc(F)ccc1F. The first-order valence-corrected chi connectivity index (χ1v) is 7.19. The Morgan fingerprint density at radius 1 is 1.41 bits per heavy atom. The molecule has 0 spiro atoms. The van der Waals surface area contributed by atoms with E-state index in [2.05, 4.69) is 10.4 Å². The molecule has 1 atom stereocenters.